The normalized spacial score (nSPS) is 10.5. The van der Waals surface area contributed by atoms with E-state index in [0.717, 1.165) is 11.4 Å². The summed E-state index contributed by atoms with van der Waals surface area (Å²) < 4.78 is 6.46. The minimum Gasteiger partial charge on any atom is -0.456 e. The van der Waals surface area contributed by atoms with Crippen molar-refractivity contribution in [2.45, 2.75) is 27.2 Å². The highest BCUT2D eigenvalue weighted by Crippen LogP contribution is 2.15. The number of nitrogens with zero attached hydrogens (tertiary/aromatic N) is 6. The van der Waals surface area contributed by atoms with E-state index in [1.807, 2.05) is 19.9 Å². The maximum Gasteiger partial charge on any atom is 0.308 e. The van der Waals surface area contributed by atoms with Crippen LogP contribution >= 0.6 is 0 Å². The molecule has 3 heterocycles. The average molecular weight is 410 g/mol. The Labute approximate surface area is 172 Å². The molecule has 0 saturated carbocycles. The third kappa shape index (κ3) is 5.80. The van der Waals surface area contributed by atoms with E-state index < -0.39 is 18.5 Å². The number of carbonyl (C=O) groups excluding carboxylic acids is 2. The molecule has 0 spiro atoms. The molecule has 3 aromatic rings. The van der Waals surface area contributed by atoms with Crippen molar-refractivity contribution in [3.05, 3.63) is 47.7 Å². The highest BCUT2D eigenvalue weighted by atomic mass is 16.5. The number of carbonyl (C=O) groups is 2. The minimum absolute atomic E-state index is 0.0684. The number of amides is 1. The van der Waals surface area contributed by atoms with Crippen LogP contribution in [-0.2, 0) is 14.3 Å². The average Bonchev–Trinajstić information content (AvgIpc) is 3.06. The molecule has 156 valence electrons. The van der Waals surface area contributed by atoms with Crippen LogP contribution in [-0.4, -0.2) is 54.7 Å². The molecule has 2 N–H and O–H groups in total. The van der Waals surface area contributed by atoms with Gasteiger partial charge >= 0.3 is 5.97 Å². The Morgan fingerprint density at radius 3 is 2.43 bits per heavy atom. The van der Waals surface area contributed by atoms with Crippen molar-refractivity contribution < 1.29 is 14.3 Å². The van der Waals surface area contributed by atoms with Gasteiger partial charge in [0.25, 0.3) is 11.9 Å². The lowest BCUT2D eigenvalue weighted by Gasteiger charge is -2.09. The summed E-state index contributed by atoms with van der Waals surface area (Å²) in [5.41, 5.74) is 2.25. The summed E-state index contributed by atoms with van der Waals surface area (Å²) in [6.07, 6.45) is 3.25. The molecule has 0 fully saturated rings. The SMILES string of the molecule is Cc1cc(C)nc(-n2nc(C)cc2NC(=O)COC(=O)CCNc2ncccn2)n1. The zero-order valence-electron chi connectivity index (χ0n) is 16.9. The topological polar surface area (TPSA) is 137 Å². The molecule has 0 atom stereocenters. The molecule has 0 aliphatic carbocycles. The van der Waals surface area contributed by atoms with Gasteiger partial charge in [0.2, 0.25) is 5.95 Å². The predicted octanol–water partition coefficient (Wildman–Crippen LogP) is 1.36. The van der Waals surface area contributed by atoms with E-state index in [4.69, 9.17) is 4.74 Å². The first-order chi connectivity index (χ1) is 14.4. The van der Waals surface area contributed by atoms with Gasteiger partial charge in [-0.25, -0.2) is 19.9 Å². The Morgan fingerprint density at radius 1 is 1.03 bits per heavy atom. The second-order valence-electron chi connectivity index (χ2n) is 6.49. The largest absolute Gasteiger partial charge is 0.456 e. The monoisotopic (exact) mass is 410 g/mol. The van der Waals surface area contributed by atoms with E-state index in [1.165, 1.54) is 4.68 Å². The molecule has 0 unspecified atom stereocenters. The Kier molecular flexibility index (Phi) is 6.63. The van der Waals surface area contributed by atoms with Crippen molar-refractivity contribution in [1.29, 1.82) is 0 Å². The lowest BCUT2D eigenvalue weighted by molar-refractivity contribution is -0.147. The number of aromatic nitrogens is 6. The zero-order valence-corrected chi connectivity index (χ0v) is 16.9. The van der Waals surface area contributed by atoms with Crippen LogP contribution in [0.1, 0.15) is 23.5 Å². The predicted molar refractivity (Wildman–Crippen MR) is 108 cm³/mol. The summed E-state index contributed by atoms with van der Waals surface area (Å²) >= 11 is 0. The number of ether oxygens (including phenoxy) is 1. The number of esters is 1. The summed E-state index contributed by atoms with van der Waals surface area (Å²) in [5, 5.41) is 9.90. The molecular weight excluding hydrogens is 388 g/mol. The number of hydrogen-bond acceptors (Lipinski definition) is 9. The Hall–Kier alpha value is -3.89. The smallest absolute Gasteiger partial charge is 0.308 e. The van der Waals surface area contributed by atoms with Gasteiger partial charge in [-0.2, -0.15) is 9.78 Å². The maximum absolute atomic E-state index is 12.2. The molecule has 11 heteroatoms. The van der Waals surface area contributed by atoms with Gasteiger partial charge in [-0.3, -0.25) is 9.59 Å². The third-order valence-corrected chi connectivity index (χ3v) is 3.80. The number of anilines is 2. The van der Waals surface area contributed by atoms with Crippen LogP contribution in [0, 0.1) is 20.8 Å². The lowest BCUT2D eigenvalue weighted by Crippen LogP contribution is -2.23. The Balaban J connectivity index is 1.52. The van der Waals surface area contributed by atoms with E-state index >= 15 is 0 Å². The third-order valence-electron chi connectivity index (χ3n) is 3.80. The molecule has 30 heavy (non-hydrogen) atoms. The van der Waals surface area contributed by atoms with Gasteiger partial charge in [-0.15, -0.1) is 0 Å². The number of rotatable bonds is 8. The molecule has 0 aliphatic rings. The second kappa shape index (κ2) is 9.54. The van der Waals surface area contributed by atoms with Gasteiger partial charge in [0.1, 0.15) is 5.82 Å². The van der Waals surface area contributed by atoms with Gasteiger partial charge in [0.05, 0.1) is 12.1 Å². The Morgan fingerprint density at radius 2 is 1.73 bits per heavy atom. The minimum atomic E-state index is -0.518. The summed E-state index contributed by atoms with van der Waals surface area (Å²) in [7, 11) is 0. The highest BCUT2D eigenvalue weighted by molar-refractivity contribution is 5.92. The van der Waals surface area contributed by atoms with Crippen LogP contribution in [0.5, 0.6) is 0 Å². The van der Waals surface area contributed by atoms with E-state index in [-0.39, 0.29) is 6.42 Å². The van der Waals surface area contributed by atoms with E-state index in [9.17, 15) is 9.59 Å². The molecule has 3 rings (SSSR count). The van der Waals surface area contributed by atoms with Crippen LogP contribution in [0.15, 0.2) is 30.6 Å². The van der Waals surface area contributed by atoms with Crippen LogP contribution in [0.4, 0.5) is 11.8 Å². The van der Waals surface area contributed by atoms with E-state index in [1.54, 1.807) is 31.5 Å². The standard InChI is InChI=1S/C19H22N8O3/c1-12-9-13(2)24-19(23-12)27-15(10-14(3)26-27)25-16(28)11-30-17(29)5-8-22-18-20-6-4-7-21-18/h4,6-7,9-10H,5,8,11H2,1-3H3,(H,25,28)(H,20,21,22). The quantitative estimate of drug-likeness (QED) is 0.527. The van der Waals surface area contributed by atoms with Gasteiger partial charge in [-0.1, -0.05) is 0 Å². The number of hydrogen-bond donors (Lipinski definition) is 2. The molecule has 0 bridgehead atoms. The summed E-state index contributed by atoms with van der Waals surface area (Å²) in [4.78, 5) is 40.7. The fourth-order valence-corrected chi connectivity index (χ4v) is 2.61. The molecule has 0 saturated heterocycles. The molecule has 1 amide bonds. The molecule has 3 aromatic heterocycles. The molecule has 0 radical (unpaired) electrons. The fraction of sp³-hybridized carbons (Fsp3) is 0.316. The number of aryl methyl sites for hydroxylation is 3. The van der Waals surface area contributed by atoms with Crippen molar-refractivity contribution >= 4 is 23.6 Å². The first-order valence-electron chi connectivity index (χ1n) is 9.26. The van der Waals surface area contributed by atoms with Crippen molar-refractivity contribution in [1.82, 2.24) is 29.7 Å². The van der Waals surface area contributed by atoms with Crippen molar-refractivity contribution in [3.63, 3.8) is 0 Å². The first-order valence-corrected chi connectivity index (χ1v) is 9.26. The molecule has 11 nitrogen and oxygen atoms in total. The van der Waals surface area contributed by atoms with E-state index in [2.05, 4.69) is 35.7 Å². The van der Waals surface area contributed by atoms with Gasteiger partial charge in [0.15, 0.2) is 6.61 Å². The molecular formula is C19H22N8O3. The summed E-state index contributed by atoms with van der Waals surface area (Å²) in [6.45, 7) is 5.37. The van der Waals surface area contributed by atoms with Crippen LogP contribution in [0.2, 0.25) is 0 Å². The van der Waals surface area contributed by atoms with Crippen molar-refractivity contribution in [2.24, 2.45) is 0 Å². The van der Waals surface area contributed by atoms with Crippen molar-refractivity contribution in [3.8, 4) is 5.95 Å². The maximum atomic E-state index is 12.2. The highest BCUT2D eigenvalue weighted by Gasteiger charge is 2.15. The second-order valence-corrected chi connectivity index (χ2v) is 6.49. The van der Waals surface area contributed by atoms with Crippen LogP contribution in [0.3, 0.4) is 0 Å². The molecule has 0 aliphatic heterocycles. The molecule has 0 aromatic carbocycles. The van der Waals surface area contributed by atoms with Gasteiger partial charge < -0.3 is 15.4 Å². The van der Waals surface area contributed by atoms with Crippen LogP contribution in [0.25, 0.3) is 5.95 Å². The number of nitrogens with one attached hydrogen (secondary N) is 2. The lowest BCUT2D eigenvalue weighted by atomic mass is 10.4. The van der Waals surface area contributed by atoms with Gasteiger partial charge in [-0.05, 0) is 32.9 Å². The Bertz CT molecular complexity index is 1020. The zero-order chi connectivity index (χ0) is 21.5. The first kappa shape index (κ1) is 20.8. The van der Waals surface area contributed by atoms with Crippen LogP contribution < -0.4 is 10.6 Å². The van der Waals surface area contributed by atoms with Crippen molar-refractivity contribution in [2.75, 3.05) is 23.8 Å². The summed E-state index contributed by atoms with van der Waals surface area (Å²) in [5.74, 6) is 0.146. The summed E-state index contributed by atoms with van der Waals surface area (Å²) in [6, 6.07) is 5.22. The van der Waals surface area contributed by atoms with Gasteiger partial charge in [0, 0.05) is 36.4 Å². The fourth-order valence-electron chi connectivity index (χ4n) is 2.61. The van der Waals surface area contributed by atoms with E-state index in [0.29, 0.717) is 30.0 Å².